The zero-order valence-corrected chi connectivity index (χ0v) is 16.0. The van der Waals surface area contributed by atoms with Crippen LogP contribution in [-0.2, 0) is 19.1 Å². The van der Waals surface area contributed by atoms with Crippen molar-refractivity contribution in [3.05, 3.63) is 12.2 Å². The Morgan fingerprint density at radius 3 is 1.91 bits per heavy atom. The Hall–Kier alpha value is -0.740. The number of esters is 2. The van der Waals surface area contributed by atoms with Crippen LogP contribution in [0.2, 0.25) is 0 Å². The molecule has 0 bridgehead atoms. The maximum absolute atomic E-state index is 12.1. The predicted molar refractivity (Wildman–Crippen MR) is 94.0 cm³/mol. The lowest BCUT2D eigenvalue weighted by Crippen LogP contribution is -2.35. The van der Waals surface area contributed by atoms with Crippen LogP contribution in [0.3, 0.4) is 0 Å². The molecular weight excluding hydrogens is 339 g/mol. The molecule has 4 nitrogen and oxygen atoms in total. The Morgan fingerprint density at radius 2 is 1.43 bits per heavy atom. The van der Waals surface area contributed by atoms with E-state index in [1.165, 1.54) is 0 Å². The summed E-state index contributed by atoms with van der Waals surface area (Å²) >= 11 is 12.8. The number of allylic oxidation sites excluding steroid dienone is 1. The zero-order chi connectivity index (χ0) is 17.9. The van der Waals surface area contributed by atoms with Gasteiger partial charge in [-0.15, -0.1) is 23.2 Å². The highest BCUT2D eigenvalue weighted by Crippen LogP contribution is 2.31. The molecule has 0 aromatic carbocycles. The number of hydrogen-bond acceptors (Lipinski definition) is 4. The summed E-state index contributed by atoms with van der Waals surface area (Å²) in [6.07, 6.45) is 5.92. The minimum absolute atomic E-state index is 0.249. The number of halogens is 2. The Morgan fingerprint density at radius 1 is 0.913 bits per heavy atom. The van der Waals surface area contributed by atoms with Crippen molar-refractivity contribution in [2.45, 2.75) is 69.5 Å². The number of rotatable bonds is 11. The average molecular weight is 367 g/mol. The third-order valence-electron chi connectivity index (χ3n) is 3.34. The molecule has 0 aliphatic heterocycles. The Labute approximate surface area is 149 Å². The molecule has 0 saturated heterocycles. The Balaban J connectivity index is 5.12. The number of carbonyl (C=O) groups excluding carboxylic acids is 2. The molecule has 0 radical (unpaired) electrons. The van der Waals surface area contributed by atoms with Crippen LogP contribution in [0.4, 0.5) is 0 Å². The molecule has 134 valence electrons. The summed E-state index contributed by atoms with van der Waals surface area (Å²) < 4.78 is 10.1. The van der Waals surface area contributed by atoms with Gasteiger partial charge < -0.3 is 9.47 Å². The van der Waals surface area contributed by atoms with Crippen molar-refractivity contribution in [3.8, 4) is 0 Å². The maximum atomic E-state index is 12.1. The van der Waals surface area contributed by atoms with Crippen LogP contribution in [0, 0.1) is 0 Å². The lowest BCUT2D eigenvalue weighted by Gasteiger charge is -2.24. The average Bonchev–Trinajstić information content (AvgIpc) is 2.48. The van der Waals surface area contributed by atoms with Crippen molar-refractivity contribution in [2.75, 3.05) is 13.2 Å². The molecule has 0 heterocycles. The van der Waals surface area contributed by atoms with E-state index >= 15 is 0 Å². The van der Waals surface area contributed by atoms with Crippen LogP contribution in [0.15, 0.2) is 12.2 Å². The third kappa shape index (κ3) is 7.13. The fraction of sp³-hybridized carbons (Fsp3) is 0.765. The molecule has 0 aromatic rings. The molecular formula is C17H28Cl2O4. The van der Waals surface area contributed by atoms with Crippen LogP contribution in [-0.4, -0.2) is 34.9 Å². The van der Waals surface area contributed by atoms with Crippen molar-refractivity contribution in [1.82, 2.24) is 0 Å². The van der Waals surface area contributed by atoms with E-state index in [9.17, 15) is 9.59 Å². The summed E-state index contributed by atoms with van der Waals surface area (Å²) in [5.74, 6) is -0.925. The van der Waals surface area contributed by atoms with Crippen LogP contribution >= 0.6 is 23.2 Å². The maximum Gasteiger partial charge on any atom is 0.331 e. The van der Waals surface area contributed by atoms with Crippen molar-refractivity contribution >= 4 is 35.1 Å². The number of alkyl halides is 2. The van der Waals surface area contributed by atoms with Gasteiger partial charge in [-0.05, 0) is 33.1 Å². The van der Waals surface area contributed by atoms with E-state index in [0.29, 0.717) is 12.8 Å². The summed E-state index contributed by atoms with van der Waals surface area (Å²) in [7, 11) is 0. The molecule has 0 fully saturated rings. The molecule has 2 atom stereocenters. The highest BCUT2D eigenvalue weighted by molar-refractivity contribution is 6.35. The molecule has 0 saturated carbocycles. The van der Waals surface area contributed by atoms with Crippen molar-refractivity contribution < 1.29 is 19.1 Å². The normalized spacial score (nSPS) is 16.6. The lowest BCUT2D eigenvalue weighted by molar-refractivity contribution is -0.146. The number of hydrogen-bond donors (Lipinski definition) is 0. The second-order valence-electron chi connectivity index (χ2n) is 5.38. The summed E-state index contributed by atoms with van der Waals surface area (Å²) in [6, 6.07) is 0. The molecule has 0 amide bonds. The topological polar surface area (TPSA) is 52.6 Å². The van der Waals surface area contributed by atoms with E-state index < -0.39 is 21.7 Å². The summed E-state index contributed by atoms with van der Waals surface area (Å²) in [5, 5.41) is 0. The first-order valence-electron chi connectivity index (χ1n) is 8.19. The molecule has 0 N–H and O–H groups in total. The van der Waals surface area contributed by atoms with E-state index in [2.05, 4.69) is 0 Å². The number of ether oxygens (including phenoxy) is 2. The highest BCUT2D eigenvalue weighted by atomic mass is 35.5. The van der Waals surface area contributed by atoms with Crippen molar-refractivity contribution in [3.63, 3.8) is 0 Å². The van der Waals surface area contributed by atoms with E-state index in [-0.39, 0.29) is 19.6 Å². The fourth-order valence-corrected chi connectivity index (χ4v) is 2.91. The van der Waals surface area contributed by atoms with Crippen molar-refractivity contribution in [1.29, 1.82) is 0 Å². The minimum atomic E-state index is -1.22. The third-order valence-corrected chi connectivity index (χ3v) is 4.31. The molecule has 2 unspecified atom stereocenters. The van der Waals surface area contributed by atoms with Gasteiger partial charge in [0.05, 0.1) is 13.2 Å². The van der Waals surface area contributed by atoms with Gasteiger partial charge in [-0.2, -0.15) is 0 Å². The van der Waals surface area contributed by atoms with Gasteiger partial charge in [-0.25, -0.2) is 4.79 Å². The van der Waals surface area contributed by atoms with Gasteiger partial charge in [-0.1, -0.05) is 38.8 Å². The van der Waals surface area contributed by atoms with Crippen LogP contribution in [0.1, 0.15) is 59.8 Å². The van der Waals surface area contributed by atoms with E-state index in [0.717, 1.165) is 12.8 Å². The van der Waals surface area contributed by atoms with Gasteiger partial charge >= 0.3 is 11.9 Å². The molecule has 0 rings (SSSR count). The van der Waals surface area contributed by atoms with Crippen LogP contribution in [0.5, 0.6) is 0 Å². The van der Waals surface area contributed by atoms with Crippen molar-refractivity contribution in [2.24, 2.45) is 0 Å². The van der Waals surface area contributed by atoms with Gasteiger partial charge in [0.15, 0.2) is 4.87 Å². The first-order chi connectivity index (χ1) is 10.8. The van der Waals surface area contributed by atoms with E-state index in [1.807, 2.05) is 13.8 Å². The predicted octanol–water partition coefficient (Wildman–Crippen LogP) is 4.61. The lowest BCUT2D eigenvalue weighted by atomic mass is 9.96. The van der Waals surface area contributed by atoms with Gasteiger partial charge in [0.25, 0.3) is 0 Å². The zero-order valence-electron chi connectivity index (χ0n) is 14.5. The van der Waals surface area contributed by atoms with Crippen LogP contribution < -0.4 is 0 Å². The molecule has 0 aliphatic rings. The number of carbonyl (C=O) groups is 2. The fourth-order valence-electron chi connectivity index (χ4n) is 2.25. The van der Waals surface area contributed by atoms with Gasteiger partial charge in [-0.3, -0.25) is 4.79 Å². The monoisotopic (exact) mass is 366 g/mol. The Kier molecular flexibility index (Phi) is 10.6. The van der Waals surface area contributed by atoms with E-state index in [1.54, 1.807) is 26.0 Å². The van der Waals surface area contributed by atoms with Gasteiger partial charge in [0, 0.05) is 0 Å². The molecule has 0 aliphatic carbocycles. The van der Waals surface area contributed by atoms with Crippen LogP contribution in [0.25, 0.3) is 0 Å². The largest absolute Gasteiger partial charge is 0.465 e. The second-order valence-corrected chi connectivity index (χ2v) is 6.77. The van der Waals surface area contributed by atoms with Gasteiger partial charge in [0.1, 0.15) is 4.87 Å². The Bertz CT molecular complexity index is 411. The SMILES string of the molecule is CCCC(Cl)(C=CCC(Cl)(CCC)C(=O)OCC)C(=O)OCC. The molecule has 0 aromatic heterocycles. The van der Waals surface area contributed by atoms with Gasteiger partial charge in [0.2, 0.25) is 0 Å². The molecule has 0 spiro atoms. The smallest absolute Gasteiger partial charge is 0.331 e. The molecule has 6 heteroatoms. The first kappa shape index (κ1) is 22.3. The highest BCUT2D eigenvalue weighted by Gasteiger charge is 2.37. The first-order valence-corrected chi connectivity index (χ1v) is 8.95. The summed E-state index contributed by atoms with van der Waals surface area (Å²) in [4.78, 5) is 21.8. The second kappa shape index (κ2) is 10.9. The summed E-state index contributed by atoms with van der Waals surface area (Å²) in [5.41, 5.74) is 0. The standard InChI is InChI=1S/C17H28Cl2O4/c1-5-10-16(18,14(20)22-7-3)12-9-13-17(19,11-6-2)15(21)23-8-4/h9,12H,5-8,10-11,13H2,1-4H3. The minimum Gasteiger partial charge on any atom is -0.465 e. The van der Waals surface area contributed by atoms with E-state index in [4.69, 9.17) is 32.7 Å². The molecule has 23 heavy (non-hydrogen) atoms. The summed E-state index contributed by atoms with van der Waals surface area (Å²) in [6.45, 7) is 7.90. The quantitative estimate of drug-likeness (QED) is 0.304.